The van der Waals surface area contributed by atoms with Crippen LogP contribution in [0, 0.1) is 0 Å². The van der Waals surface area contributed by atoms with Crippen molar-refractivity contribution in [2.45, 2.75) is 19.9 Å². The summed E-state index contributed by atoms with van der Waals surface area (Å²) in [4.78, 5) is 0. The largest absolute Gasteiger partial charge is 0.313 e. The Morgan fingerprint density at radius 3 is 2.58 bits per heavy atom. The molecule has 0 aromatic rings. The van der Waals surface area contributed by atoms with E-state index in [1.807, 2.05) is 33.0 Å². The first-order valence-corrected chi connectivity index (χ1v) is 4.03. The second kappa shape index (κ2) is 6.80. The highest BCUT2D eigenvalue weighted by molar-refractivity contribution is 5.27. The van der Waals surface area contributed by atoms with Crippen LogP contribution in [0.25, 0.3) is 0 Å². The van der Waals surface area contributed by atoms with Crippen LogP contribution < -0.4 is 5.32 Å². The van der Waals surface area contributed by atoms with E-state index in [9.17, 15) is 4.39 Å². The number of nitrogens with one attached hydrogen (secondary N) is 1. The van der Waals surface area contributed by atoms with Crippen molar-refractivity contribution in [3.8, 4) is 0 Å². The zero-order chi connectivity index (χ0) is 9.40. The maximum absolute atomic E-state index is 11.7. The first-order chi connectivity index (χ1) is 5.76. The zero-order valence-electron chi connectivity index (χ0n) is 7.84. The van der Waals surface area contributed by atoms with Crippen LogP contribution in [0.15, 0.2) is 36.2 Å². The molecular weight excluding hydrogens is 153 g/mol. The van der Waals surface area contributed by atoms with E-state index in [2.05, 4.69) is 5.32 Å². The monoisotopic (exact) mass is 169 g/mol. The number of hydrogen-bond donors (Lipinski definition) is 1. The van der Waals surface area contributed by atoms with Gasteiger partial charge in [-0.15, -0.1) is 0 Å². The highest BCUT2D eigenvalue weighted by atomic mass is 19.1. The van der Waals surface area contributed by atoms with Crippen molar-refractivity contribution in [3.63, 3.8) is 0 Å². The van der Waals surface area contributed by atoms with Crippen molar-refractivity contribution in [2.75, 3.05) is 7.05 Å². The molecule has 0 aliphatic carbocycles. The summed E-state index contributed by atoms with van der Waals surface area (Å²) >= 11 is 0. The molecule has 0 radical (unpaired) electrons. The number of rotatable bonds is 4. The summed E-state index contributed by atoms with van der Waals surface area (Å²) in [6.07, 6.45) is 7.57. The fourth-order valence-corrected chi connectivity index (χ4v) is 0.851. The molecule has 0 aromatic carbocycles. The first kappa shape index (κ1) is 11.1. The summed E-state index contributed by atoms with van der Waals surface area (Å²) < 4.78 is 11.7. The molecule has 1 atom stereocenters. The van der Waals surface area contributed by atoms with Gasteiger partial charge in [-0.25, -0.2) is 4.39 Å². The molecule has 0 saturated heterocycles. The van der Waals surface area contributed by atoms with Gasteiger partial charge < -0.3 is 5.32 Å². The molecule has 0 spiro atoms. The van der Waals surface area contributed by atoms with Gasteiger partial charge in [0.05, 0.1) is 6.33 Å². The van der Waals surface area contributed by atoms with Crippen molar-refractivity contribution in [3.05, 3.63) is 36.2 Å². The molecule has 0 unspecified atom stereocenters. The van der Waals surface area contributed by atoms with Crippen molar-refractivity contribution in [1.29, 1.82) is 0 Å². The Morgan fingerprint density at radius 2 is 2.17 bits per heavy atom. The Balaban J connectivity index is 4.41. The molecule has 0 saturated carbocycles. The van der Waals surface area contributed by atoms with Gasteiger partial charge in [0.25, 0.3) is 0 Å². The third kappa shape index (κ3) is 4.09. The average Bonchev–Trinajstić information content (AvgIpc) is 2.11. The minimum atomic E-state index is 0.248. The quantitative estimate of drug-likeness (QED) is 0.638. The zero-order valence-corrected chi connectivity index (χ0v) is 7.84. The summed E-state index contributed by atoms with van der Waals surface area (Å²) in [6.45, 7) is 3.97. The predicted octanol–water partition coefficient (Wildman–Crippen LogP) is 2.58. The Morgan fingerprint density at radius 1 is 1.50 bits per heavy atom. The molecule has 1 N–H and O–H groups in total. The normalized spacial score (nSPS) is 16.2. The van der Waals surface area contributed by atoms with Gasteiger partial charge in [-0.2, -0.15) is 0 Å². The molecule has 0 heterocycles. The molecule has 2 heteroatoms. The van der Waals surface area contributed by atoms with Crippen molar-refractivity contribution < 1.29 is 4.39 Å². The first-order valence-electron chi connectivity index (χ1n) is 4.03. The van der Waals surface area contributed by atoms with Crippen LogP contribution in [0.4, 0.5) is 4.39 Å². The van der Waals surface area contributed by atoms with Crippen LogP contribution in [0.3, 0.4) is 0 Å². The average molecular weight is 169 g/mol. The molecule has 0 amide bonds. The van der Waals surface area contributed by atoms with Crippen LogP contribution in [0.1, 0.15) is 13.8 Å². The lowest BCUT2D eigenvalue weighted by atomic mass is 10.1. The summed E-state index contributed by atoms with van der Waals surface area (Å²) in [7, 11) is 1.88. The van der Waals surface area contributed by atoms with E-state index < -0.39 is 0 Å². The molecule has 0 rings (SSSR count). The fourth-order valence-electron chi connectivity index (χ4n) is 0.851. The van der Waals surface area contributed by atoms with Crippen LogP contribution in [-0.4, -0.2) is 13.1 Å². The molecule has 0 bridgehead atoms. The second-order valence-electron chi connectivity index (χ2n) is 2.50. The number of allylic oxidation sites excluding steroid dienone is 3. The van der Waals surface area contributed by atoms with Gasteiger partial charge in [0, 0.05) is 6.04 Å². The van der Waals surface area contributed by atoms with Gasteiger partial charge in [-0.1, -0.05) is 18.2 Å². The molecule has 0 aliphatic heterocycles. The summed E-state index contributed by atoms with van der Waals surface area (Å²) in [6, 6.07) is 0.248. The minimum absolute atomic E-state index is 0.248. The maximum atomic E-state index is 11.7. The van der Waals surface area contributed by atoms with Crippen LogP contribution >= 0.6 is 0 Å². The van der Waals surface area contributed by atoms with Crippen molar-refractivity contribution >= 4 is 0 Å². The molecule has 0 aliphatic rings. The third-order valence-electron chi connectivity index (χ3n) is 1.65. The van der Waals surface area contributed by atoms with E-state index in [1.165, 1.54) is 6.08 Å². The van der Waals surface area contributed by atoms with Crippen molar-refractivity contribution in [2.24, 2.45) is 0 Å². The Labute approximate surface area is 73.7 Å². The summed E-state index contributed by atoms with van der Waals surface area (Å²) in [5.41, 5.74) is 1.06. The standard InChI is InChI=1S/C10H16FN/c1-4-6-10(7-5-8-11)9(2)12-3/h4-9,12H,1-3H3/b6-4-,8-5+,10-7+/t9-/m1/s1. The predicted molar refractivity (Wildman–Crippen MR) is 51.7 cm³/mol. The molecule has 12 heavy (non-hydrogen) atoms. The molecule has 0 fully saturated rings. The number of halogens is 1. The molecule has 68 valence electrons. The van der Waals surface area contributed by atoms with Gasteiger partial charge in [-0.05, 0) is 32.5 Å². The second-order valence-corrected chi connectivity index (χ2v) is 2.50. The molecular formula is C10H16FN. The van der Waals surface area contributed by atoms with E-state index in [0.29, 0.717) is 6.33 Å². The van der Waals surface area contributed by atoms with Crippen LogP contribution in [0.5, 0.6) is 0 Å². The smallest absolute Gasteiger partial charge is 0.0867 e. The SMILES string of the molecule is C\C=C/C(=C\C=C\F)[C@@H](C)NC. The van der Waals surface area contributed by atoms with Gasteiger partial charge in [-0.3, -0.25) is 0 Å². The van der Waals surface area contributed by atoms with Crippen LogP contribution in [-0.2, 0) is 0 Å². The lowest BCUT2D eigenvalue weighted by molar-refractivity contribution is 0.703. The molecule has 1 nitrogen and oxygen atoms in total. The van der Waals surface area contributed by atoms with E-state index in [4.69, 9.17) is 0 Å². The lowest BCUT2D eigenvalue weighted by Gasteiger charge is -2.10. The summed E-state index contributed by atoms with van der Waals surface area (Å²) in [5, 5.41) is 3.08. The Kier molecular flexibility index (Phi) is 6.29. The minimum Gasteiger partial charge on any atom is -0.313 e. The van der Waals surface area contributed by atoms with E-state index in [-0.39, 0.29) is 6.04 Å². The highest BCUT2D eigenvalue weighted by Crippen LogP contribution is 2.03. The van der Waals surface area contributed by atoms with E-state index in [0.717, 1.165) is 5.57 Å². The van der Waals surface area contributed by atoms with Gasteiger partial charge in [0.2, 0.25) is 0 Å². The van der Waals surface area contributed by atoms with E-state index in [1.54, 1.807) is 6.08 Å². The van der Waals surface area contributed by atoms with Gasteiger partial charge >= 0.3 is 0 Å². The van der Waals surface area contributed by atoms with E-state index >= 15 is 0 Å². The lowest BCUT2D eigenvalue weighted by Crippen LogP contribution is -2.22. The maximum Gasteiger partial charge on any atom is 0.0867 e. The van der Waals surface area contributed by atoms with Gasteiger partial charge in [0.1, 0.15) is 0 Å². The number of hydrogen-bond acceptors (Lipinski definition) is 1. The van der Waals surface area contributed by atoms with Crippen molar-refractivity contribution in [1.82, 2.24) is 5.32 Å². The Bertz CT molecular complexity index is 192. The Hall–Kier alpha value is -0.890. The third-order valence-corrected chi connectivity index (χ3v) is 1.65. The molecule has 0 aromatic heterocycles. The van der Waals surface area contributed by atoms with Gasteiger partial charge in [0.15, 0.2) is 0 Å². The summed E-state index contributed by atoms with van der Waals surface area (Å²) in [5.74, 6) is 0. The van der Waals surface area contributed by atoms with Crippen LogP contribution in [0.2, 0.25) is 0 Å². The fraction of sp³-hybridized carbons (Fsp3) is 0.400. The number of likely N-dealkylation sites (N-methyl/N-ethyl adjacent to an activating group) is 1. The topological polar surface area (TPSA) is 12.0 Å². The highest BCUT2D eigenvalue weighted by Gasteiger charge is 1.99.